The molecule has 1 aromatic rings. The highest BCUT2D eigenvalue weighted by molar-refractivity contribution is 5.95. The van der Waals surface area contributed by atoms with Gasteiger partial charge in [0.05, 0.1) is 19.3 Å². The van der Waals surface area contributed by atoms with E-state index >= 15 is 0 Å². The number of benzene rings is 1. The quantitative estimate of drug-likeness (QED) is 0.895. The largest absolute Gasteiger partial charge is 0.490 e. The van der Waals surface area contributed by atoms with Gasteiger partial charge in [-0.2, -0.15) is 0 Å². The fourth-order valence-corrected chi connectivity index (χ4v) is 2.97. The Kier molecular flexibility index (Phi) is 4.95. The number of hydrogen-bond donors (Lipinski definition) is 2. The van der Waals surface area contributed by atoms with E-state index in [1.165, 1.54) is 0 Å². The van der Waals surface area contributed by atoms with Crippen LogP contribution in [0.2, 0.25) is 0 Å². The highest BCUT2D eigenvalue weighted by Crippen LogP contribution is 2.25. The molecule has 2 N–H and O–H groups in total. The fourth-order valence-electron chi connectivity index (χ4n) is 2.97. The Labute approximate surface area is 131 Å². The van der Waals surface area contributed by atoms with Crippen molar-refractivity contribution >= 4 is 11.6 Å². The number of carbonyl (C=O) groups is 1. The fraction of sp³-hybridized carbons (Fsp3) is 0.588. The Morgan fingerprint density at radius 1 is 1.32 bits per heavy atom. The maximum absolute atomic E-state index is 12.1. The lowest BCUT2D eigenvalue weighted by Gasteiger charge is -2.24. The van der Waals surface area contributed by atoms with Crippen LogP contribution in [-0.4, -0.2) is 37.8 Å². The van der Waals surface area contributed by atoms with Gasteiger partial charge in [-0.3, -0.25) is 4.79 Å². The molecule has 0 aromatic heterocycles. The monoisotopic (exact) mass is 304 g/mol. The molecule has 0 bridgehead atoms. The molecule has 0 spiro atoms. The molecule has 5 heteroatoms. The summed E-state index contributed by atoms with van der Waals surface area (Å²) in [6, 6.07) is 5.77. The van der Waals surface area contributed by atoms with Crippen molar-refractivity contribution in [1.29, 1.82) is 0 Å². The first-order chi connectivity index (χ1) is 10.7. The molecule has 1 unspecified atom stereocenters. The average Bonchev–Trinajstić information content (AvgIpc) is 3.05. The predicted molar refractivity (Wildman–Crippen MR) is 85.3 cm³/mol. The molecule has 0 aliphatic carbocycles. The molecular formula is C17H24N2O3. The van der Waals surface area contributed by atoms with Gasteiger partial charge in [-0.25, -0.2) is 0 Å². The Balaban J connectivity index is 1.60. The van der Waals surface area contributed by atoms with Crippen LogP contribution in [0.1, 0.15) is 31.2 Å². The van der Waals surface area contributed by atoms with Gasteiger partial charge in [-0.1, -0.05) is 0 Å². The minimum absolute atomic E-state index is 0.0509. The van der Waals surface area contributed by atoms with Gasteiger partial charge in [0.2, 0.25) is 5.91 Å². The lowest BCUT2D eigenvalue weighted by molar-refractivity contribution is -0.117. The van der Waals surface area contributed by atoms with E-state index in [1.54, 1.807) is 0 Å². The standard InChI is InChI=1S/C17H24N2O3/c1-12-11-13(19-17(20)15-3-2-8-18-15)4-5-16(12)22-14-6-9-21-10-7-14/h4-5,11,14-15,18H,2-3,6-10H2,1H3,(H,19,20). The predicted octanol–water partition coefficient (Wildman–Crippen LogP) is 2.24. The summed E-state index contributed by atoms with van der Waals surface area (Å²) in [6.45, 7) is 4.48. The first kappa shape index (κ1) is 15.3. The summed E-state index contributed by atoms with van der Waals surface area (Å²) >= 11 is 0. The summed E-state index contributed by atoms with van der Waals surface area (Å²) in [5, 5.41) is 6.19. The van der Waals surface area contributed by atoms with E-state index in [2.05, 4.69) is 10.6 Å². The molecule has 2 aliphatic rings. The van der Waals surface area contributed by atoms with Gasteiger partial charge in [0.1, 0.15) is 11.9 Å². The second kappa shape index (κ2) is 7.11. The van der Waals surface area contributed by atoms with E-state index in [4.69, 9.17) is 9.47 Å². The minimum Gasteiger partial charge on any atom is -0.490 e. The van der Waals surface area contributed by atoms with Crippen LogP contribution in [0, 0.1) is 6.92 Å². The molecule has 2 fully saturated rings. The van der Waals surface area contributed by atoms with Crippen molar-refractivity contribution in [3.8, 4) is 5.75 Å². The Morgan fingerprint density at radius 2 is 2.14 bits per heavy atom. The van der Waals surface area contributed by atoms with Gasteiger partial charge in [0.25, 0.3) is 0 Å². The van der Waals surface area contributed by atoms with Crippen LogP contribution < -0.4 is 15.4 Å². The molecule has 1 amide bonds. The zero-order valence-electron chi connectivity index (χ0n) is 13.1. The van der Waals surface area contributed by atoms with Crippen molar-refractivity contribution in [1.82, 2.24) is 5.32 Å². The van der Waals surface area contributed by atoms with Crippen LogP contribution in [0.5, 0.6) is 5.75 Å². The first-order valence-electron chi connectivity index (χ1n) is 8.11. The third-order valence-electron chi connectivity index (χ3n) is 4.28. The number of carbonyl (C=O) groups excluding carboxylic acids is 1. The van der Waals surface area contributed by atoms with E-state index in [-0.39, 0.29) is 18.1 Å². The van der Waals surface area contributed by atoms with Crippen LogP contribution in [0.15, 0.2) is 18.2 Å². The van der Waals surface area contributed by atoms with Crippen molar-refractivity contribution < 1.29 is 14.3 Å². The van der Waals surface area contributed by atoms with Gasteiger partial charge >= 0.3 is 0 Å². The maximum atomic E-state index is 12.1. The topological polar surface area (TPSA) is 59.6 Å². The summed E-state index contributed by atoms with van der Waals surface area (Å²) in [7, 11) is 0. The highest BCUT2D eigenvalue weighted by atomic mass is 16.5. The lowest BCUT2D eigenvalue weighted by Crippen LogP contribution is -2.35. The molecule has 2 heterocycles. The van der Waals surface area contributed by atoms with Crippen molar-refractivity contribution in [2.24, 2.45) is 0 Å². The molecule has 2 saturated heterocycles. The molecule has 3 rings (SSSR count). The molecular weight excluding hydrogens is 280 g/mol. The molecule has 5 nitrogen and oxygen atoms in total. The van der Waals surface area contributed by atoms with E-state index in [0.29, 0.717) is 0 Å². The lowest BCUT2D eigenvalue weighted by atomic mass is 10.1. The van der Waals surface area contributed by atoms with Crippen molar-refractivity contribution in [2.45, 2.75) is 44.8 Å². The van der Waals surface area contributed by atoms with Crippen LogP contribution in [0.4, 0.5) is 5.69 Å². The van der Waals surface area contributed by atoms with Gasteiger partial charge in [0.15, 0.2) is 0 Å². The molecule has 0 saturated carbocycles. The maximum Gasteiger partial charge on any atom is 0.241 e. The number of aryl methyl sites for hydroxylation is 1. The van der Waals surface area contributed by atoms with Gasteiger partial charge in [-0.05, 0) is 50.1 Å². The van der Waals surface area contributed by atoms with Crippen LogP contribution >= 0.6 is 0 Å². The van der Waals surface area contributed by atoms with E-state index in [0.717, 1.165) is 62.4 Å². The van der Waals surface area contributed by atoms with Gasteiger partial charge < -0.3 is 20.1 Å². The molecule has 22 heavy (non-hydrogen) atoms. The second-order valence-corrected chi connectivity index (χ2v) is 6.05. The number of anilines is 1. The van der Waals surface area contributed by atoms with Crippen LogP contribution in [0.3, 0.4) is 0 Å². The number of ether oxygens (including phenoxy) is 2. The first-order valence-corrected chi connectivity index (χ1v) is 8.11. The molecule has 120 valence electrons. The van der Waals surface area contributed by atoms with Crippen LogP contribution in [0.25, 0.3) is 0 Å². The summed E-state index contributed by atoms with van der Waals surface area (Å²) in [4.78, 5) is 12.1. The SMILES string of the molecule is Cc1cc(NC(=O)C2CCCN2)ccc1OC1CCOCC1. The van der Waals surface area contributed by atoms with E-state index in [1.807, 2.05) is 25.1 Å². The van der Waals surface area contributed by atoms with Crippen molar-refractivity contribution in [3.63, 3.8) is 0 Å². The van der Waals surface area contributed by atoms with Crippen LogP contribution in [-0.2, 0) is 9.53 Å². The summed E-state index contributed by atoms with van der Waals surface area (Å²) < 4.78 is 11.4. The molecule has 1 aromatic carbocycles. The zero-order valence-corrected chi connectivity index (χ0v) is 13.1. The number of rotatable bonds is 4. The summed E-state index contributed by atoms with van der Waals surface area (Å²) in [5.74, 6) is 0.943. The number of amides is 1. The third-order valence-corrected chi connectivity index (χ3v) is 4.28. The smallest absolute Gasteiger partial charge is 0.241 e. The Morgan fingerprint density at radius 3 is 2.82 bits per heavy atom. The normalized spacial score (nSPS) is 22.5. The van der Waals surface area contributed by atoms with Crippen molar-refractivity contribution in [2.75, 3.05) is 25.1 Å². The molecule has 0 radical (unpaired) electrons. The van der Waals surface area contributed by atoms with E-state index in [9.17, 15) is 4.79 Å². The van der Waals surface area contributed by atoms with Gasteiger partial charge in [0, 0.05) is 18.5 Å². The Hall–Kier alpha value is -1.59. The number of hydrogen-bond acceptors (Lipinski definition) is 4. The third kappa shape index (κ3) is 3.78. The number of nitrogens with one attached hydrogen (secondary N) is 2. The van der Waals surface area contributed by atoms with E-state index < -0.39 is 0 Å². The summed E-state index contributed by atoms with van der Waals surface area (Å²) in [5.41, 5.74) is 1.87. The summed E-state index contributed by atoms with van der Waals surface area (Å²) in [6.07, 6.45) is 4.08. The van der Waals surface area contributed by atoms with Gasteiger partial charge in [-0.15, -0.1) is 0 Å². The minimum atomic E-state index is -0.0570. The van der Waals surface area contributed by atoms with Crippen molar-refractivity contribution in [3.05, 3.63) is 23.8 Å². The molecule has 2 aliphatic heterocycles. The second-order valence-electron chi connectivity index (χ2n) is 6.05. The Bertz CT molecular complexity index is 521. The average molecular weight is 304 g/mol. The molecule has 1 atom stereocenters. The highest BCUT2D eigenvalue weighted by Gasteiger charge is 2.22. The zero-order chi connectivity index (χ0) is 15.4.